The number of hydrogen-bond acceptors (Lipinski definition) is 3. The fourth-order valence-corrected chi connectivity index (χ4v) is 2.60. The van der Waals surface area contributed by atoms with E-state index < -0.39 is 0 Å². The standard InChI is InChI=1S/C11H10O3/c1-5-4-6(12)9-7-2-3-8(14-7)10(9)11(5)13/h2-4,7-10H,1H3/t7-,8+,9-,10+/m1/s1. The van der Waals surface area contributed by atoms with Gasteiger partial charge in [0, 0.05) is 0 Å². The average Bonchev–Trinajstić information content (AvgIpc) is 2.73. The van der Waals surface area contributed by atoms with Crippen LogP contribution < -0.4 is 0 Å². The van der Waals surface area contributed by atoms with Crippen LogP contribution in [0.15, 0.2) is 23.8 Å². The zero-order chi connectivity index (χ0) is 9.87. The van der Waals surface area contributed by atoms with Gasteiger partial charge in [0.1, 0.15) is 0 Å². The molecule has 0 N–H and O–H groups in total. The highest BCUT2D eigenvalue weighted by Gasteiger charge is 2.53. The van der Waals surface area contributed by atoms with Crippen molar-refractivity contribution >= 4 is 11.6 Å². The molecule has 14 heavy (non-hydrogen) atoms. The van der Waals surface area contributed by atoms with E-state index in [1.165, 1.54) is 6.08 Å². The molecule has 2 bridgehead atoms. The minimum absolute atomic E-state index is 0.0453. The van der Waals surface area contributed by atoms with Crippen LogP contribution in [0.25, 0.3) is 0 Å². The SMILES string of the molecule is CC1=CC(=O)[C@H]2[C@@H](C1=O)[C@@H]1C=C[C@H]2O1. The van der Waals surface area contributed by atoms with Gasteiger partial charge >= 0.3 is 0 Å². The summed E-state index contributed by atoms with van der Waals surface area (Å²) in [5, 5.41) is 0. The van der Waals surface area contributed by atoms with Crippen LogP contribution in [0.2, 0.25) is 0 Å². The van der Waals surface area contributed by atoms with Gasteiger partial charge in [-0.25, -0.2) is 0 Å². The minimum Gasteiger partial charge on any atom is -0.365 e. The van der Waals surface area contributed by atoms with Crippen LogP contribution in [-0.2, 0) is 14.3 Å². The van der Waals surface area contributed by atoms with Gasteiger partial charge in [-0.2, -0.15) is 0 Å². The second-order valence-corrected chi connectivity index (χ2v) is 4.10. The van der Waals surface area contributed by atoms with Gasteiger partial charge in [-0.3, -0.25) is 9.59 Å². The summed E-state index contributed by atoms with van der Waals surface area (Å²) in [6.45, 7) is 1.70. The van der Waals surface area contributed by atoms with Crippen molar-refractivity contribution in [2.24, 2.45) is 11.8 Å². The summed E-state index contributed by atoms with van der Waals surface area (Å²) in [6.07, 6.45) is 4.93. The summed E-state index contributed by atoms with van der Waals surface area (Å²) in [5.74, 6) is -0.376. The van der Waals surface area contributed by atoms with E-state index >= 15 is 0 Å². The maximum absolute atomic E-state index is 11.8. The van der Waals surface area contributed by atoms with E-state index in [0.29, 0.717) is 5.57 Å². The van der Waals surface area contributed by atoms with Crippen LogP contribution in [0.1, 0.15) is 6.92 Å². The Hall–Kier alpha value is -1.22. The van der Waals surface area contributed by atoms with Crippen LogP contribution in [0.4, 0.5) is 0 Å². The molecule has 1 aliphatic carbocycles. The molecule has 0 spiro atoms. The Morgan fingerprint density at radius 2 is 1.79 bits per heavy atom. The maximum Gasteiger partial charge on any atom is 0.165 e. The molecule has 1 fully saturated rings. The average molecular weight is 190 g/mol. The molecule has 2 heterocycles. The molecule has 3 nitrogen and oxygen atoms in total. The summed E-state index contributed by atoms with van der Waals surface area (Å²) >= 11 is 0. The number of carbonyl (C=O) groups excluding carboxylic acids is 2. The van der Waals surface area contributed by atoms with E-state index in [9.17, 15) is 9.59 Å². The number of ether oxygens (including phenoxy) is 1. The third-order valence-electron chi connectivity index (χ3n) is 3.28. The van der Waals surface area contributed by atoms with Crippen molar-refractivity contribution in [2.45, 2.75) is 19.1 Å². The molecule has 0 aromatic carbocycles. The van der Waals surface area contributed by atoms with Crippen molar-refractivity contribution < 1.29 is 14.3 Å². The molecule has 72 valence electrons. The molecule has 1 saturated heterocycles. The molecular formula is C11H10O3. The van der Waals surface area contributed by atoms with Gasteiger partial charge < -0.3 is 4.74 Å². The van der Waals surface area contributed by atoms with Crippen molar-refractivity contribution in [3.8, 4) is 0 Å². The van der Waals surface area contributed by atoms with E-state index in [2.05, 4.69) is 0 Å². The van der Waals surface area contributed by atoms with E-state index in [1.54, 1.807) is 6.92 Å². The van der Waals surface area contributed by atoms with E-state index in [1.807, 2.05) is 12.2 Å². The van der Waals surface area contributed by atoms with Crippen LogP contribution >= 0.6 is 0 Å². The Kier molecular flexibility index (Phi) is 1.40. The fraction of sp³-hybridized carbons (Fsp3) is 0.455. The van der Waals surface area contributed by atoms with Crippen LogP contribution in [0.5, 0.6) is 0 Å². The van der Waals surface area contributed by atoms with Gasteiger partial charge in [0.2, 0.25) is 0 Å². The number of allylic oxidation sites excluding steroid dienone is 2. The normalized spacial score (nSPS) is 44.2. The van der Waals surface area contributed by atoms with Crippen LogP contribution in [-0.4, -0.2) is 23.8 Å². The molecular weight excluding hydrogens is 180 g/mol. The first kappa shape index (κ1) is 8.12. The van der Waals surface area contributed by atoms with E-state index in [4.69, 9.17) is 4.74 Å². The van der Waals surface area contributed by atoms with Gasteiger partial charge in [-0.1, -0.05) is 12.2 Å². The van der Waals surface area contributed by atoms with Crippen LogP contribution in [0.3, 0.4) is 0 Å². The first-order valence-electron chi connectivity index (χ1n) is 4.78. The van der Waals surface area contributed by atoms with Gasteiger partial charge in [0.05, 0.1) is 24.0 Å². The third kappa shape index (κ3) is 0.805. The summed E-state index contributed by atoms with van der Waals surface area (Å²) in [5.41, 5.74) is 0.570. The number of Topliss-reactive ketones (excluding diaryl/α,β-unsaturated/α-hetero) is 1. The molecule has 3 aliphatic rings. The molecule has 0 unspecified atom stereocenters. The topological polar surface area (TPSA) is 43.4 Å². The summed E-state index contributed by atoms with van der Waals surface area (Å²) in [7, 11) is 0. The second-order valence-electron chi connectivity index (χ2n) is 4.10. The molecule has 0 aromatic rings. The predicted molar refractivity (Wildman–Crippen MR) is 48.6 cm³/mol. The zero-order valence-electron chi connectivity index (χ0n) is 7.77. The van der Waals surface area contributed by atoms with Crippen LogP contribution in [0, 0.1) is 11.8 Å². The fourth-order valence-electron chi connectivity index (χ4n) is 2.60. The second kappa shape index (κ2) is 2.42. The number of carbonyl (C=O) groups is 2. The lowest BCUT2D eigenvalue weighted by molar-refractivity contribution is -0.128. The zero-order valence-corrected chi connectivity index (χ0v) is 7.77. The highest BCUT2D eigenvalue weighted by Crippen LogP contribution is 2.43. The summed E-state index contributed by atoms with van der Waals surface area (Å²) in [6, 6.07) is 0. The van der Waals surface area contributed by atoms with Crippen molar-refractivity contribution in [2.75, 3.05) is 0 Å². The molecule has 4 atom stereocenters. The lowest BCUT2D eigenvalue weighted by Crippen LogP contribution is -2.39. The minimum atomic E-state index is -0.249. The Labute approximate surface area is 81.4 Å². The Morgan fingerprint density at radius 3 is 2.50 bits per heavy atom. The maximum atomic E-state index is 11.8. The number of rotatable bonds is 0. The monoisotopic (exact) mass is 190 g/mol. The molecule has 0 saturated carbocycles. The summed E-state index contributed by atoms with van der Waals surface area (Å²) in [4.78, 5) is 23.5. The smallest absolute Gasteiger partial charge is 0.165 e. The Balaban J connectivity index is 2.10. The molecule has 3 rings (SSSR count). The van der Waals surface area contributed by atoms with Gasteiger partial charge in [0.25, 0.3) is 0 Å². The molecule has 2 aliphatic heterocycles. The predicted octanol–water partition coefficient (Wildman–Crippen LogP) is 0.654. The number of hydrogen-bond donors (Lipinski definition) is 0. The summed E-state index contributed by atoms with van der Waals surface area (Å²) < 4.78 is 5.52. The molecule has 0 amide bonds. The molecule has 3 heteroatoms. The highest BCUT2D eigenvalue weighted by atomic mass is 16.5. The first-order chi connectivity index (χ1) is 6.68. The Morgan fingerprint density at radius 1 is 1.14 bits per heavy atom. The van der Waals surface area contributed by atoms with E-state index in [-0.39, 0.29) is 35.6 Å². The van der Waals surface area contributed by atoms with Gasteiger partial charge in [-0.05, 0) is 18.6 Å². The van der Waals surface area contributed by atoms with Gasteiger partial charge in [-0.15, -0.1) is 0 Å². The highest BCUT2D eigenvalue weighted by molar-refractivity contribution is 6.11. The van der Waals surface area contributed by atoms with Crippen molar-refractivity contribution in [3.05, 3.63) is 23.8 Å². The number of ketones is 2. The quantitative estimate of drug-likeness (QED) is 0.527. The third-order valence-corrected chi connectivity index (χ3v) is 3.28. The lowest BCUT2D eigenvalue weighted by Gasteiger charge is -2.25. The number of fused-ring (bicyclic) bond motifs is 5. The molecule has 0 aromatic heterocycles. The lowest BCUT2D eigenvalue weighted by atomic mass is 9.72. The van der Waals surface area contributed by atoms with E-state index in [0.717, 1.165) is 0 Å². The largest absolute Gasteiger partial charge is 0.365 e. The first-order valence-corrected chi connectivity index (χ1v) is 4.78. The Bertz CT molecular complexity index is 391. The van der Waals surface area contributed by atoms with Gasteiger partial charge in [0.15, 0.2) is 11.6 Å². The van der Waals surface area contributed by atoms with Crippen molar-refractivity contribution in [3.63, 3.8) is 0 Å². The molecule has 0 radical (unpaired) electrons. The van der Waals surface area contributed by atoms with Crippen molar-refractivity contribution in [1.29, 1.82) is 0 Å². The van der Waals surface area contributed by atoms with Crippen molar-refractivity contribution in [1.82, 2.24) is 0 Å².